The van der Waals surface area contributed by atoms with Crippen molar-refractivity contribution < 1.29 is 23.9 Å². The number of aryl methyl sites for hydroxylation is 2. The van der Waals surface area contributed by atoms with E-state index in [1.54, 1.807) is 10.9 Å². The van der Waals surface area contributed by atoms with Gasteiger partial charge in [0.2, 0.25) is 17.7 Å². The van der Waals surface area contributed by atoms with Crippen molar-refractivity contribution in [2.24, 2.45) is 7.05 Å². The molecule has 5 heterocycles. The van der Waals surface area contributed by atoms with Gasteiger partial charge < -0.3 is 34.3 Å². The Labute approximate surface area is 281 Å². The first-order chi connectivity index (χ1) is 24.0. The van der Waals surface area contributed by atoms with Gasteiger partial charge in [-0.2, -0.15) is 15.0 Å². The standard InChI is InChI=1S/C34H36N10O5/c1-3-25-39-31(42-49-25)28-27(46)29(47-20-45)33(48-28)44-19-38-26-30(40-34(41-32(26)44)35-15-14-23-17-43(2)18-37-23)36-16-24(21-10-6-4-7-11-21)22-12-8-5-9-13-22/h4-13,17-20,24,27-29,33,46H,3,14-16H2,1-2H3,(H2,35,36,40,41)/t27-,28+,29-,33-/m1/s1. The molecule has 0 spiro atoms. The molecule has 0 amide bonds. The van der Waals surface area contributed by atoms with Crippen molar-refractivity contribution in [2.75, 3.05) is 23.7 Å². The Morgan fingerprint density at radius 1 is 1.00 bits per heavy atom. The molecular weight excluding hydrogens is 628 g/mol. The molecule has 6 aromatic rings. The van der Waals surface area contributed by atoms with Gasteiger partial charge in [-0.1, -0.05) is 72.7 Å². The van der Waals surface area contributed by atoms with Gasteiger partial charge in [-0.25, -0.2) is 9.97 Å². The number of hydrogen-bond acceptors (Lipinski definition) is 13. The molecule has 7 rings (SSSR count). The minimum atomic E-state index is -1.29. The molecule has 252 valence electrons. The number of carbonyl (C=O) groups excluding carboxylic acids is 1. The van der Waals surface area contributed by atoms with Gasteiger partial charge in [0, 0.05) is 45.1 Å². The Balaban J connectivity index is 1.23. The highest BCUT2D eigenvalue weighted by molar-refractivity contribution is 5.84. The van der Waals surface area contributed by atoms with Gasteiger partial charge in [0.05, 0.1) is 18.3 Å². The van der Waals surface area contributed by atoms with Crippen molar-refractivity contribution in [1.82, 2.24) is 39.2 Å². The third-order valence-corrected chi connectivity index (χ3v) is 8.46. The number of aliphatic hydroxyl groups excluding tert-OH is 1. The van der Waals surface area contributed by atoms with Crippen LogP contribution >= 0.6 is 0 Å². The van der Waals surface area contributed by atoms with Crippen molar-refractivity contribution in [3.63, 3.8) is 0 Å². The van der Waals surface area contributed by atoms with Gasteiger partial charge >= 0.3 is 0 Å². The van der Waals surface area contributed by atoms with Crippen molar-refractivity contribution in [2.45, 2.75) is 50.2 Å². The molecule has 3 N–H and O–H groups in total. The number of aromatic nitrogens is 8. The fourth-order valence-corrected chi connectivity index (χ4v) is 6.03. The third kappa shape index (κ3) is 6.71. The maximum Gasteiger partial charge on any atom is 0.293 e. The quantitative estimate of drug-likeness (QED) is 0.144. The molecule has 49 heavy (non-hydrogen) atoms. The lowest BCUT2D eigenvalue weighted by Crippen LogP contribution is -2.32. The highest BCUT2D eigenvalue weighted by Crippen LogP contribution is 2.41. The Bertz CT molecular complexity index is 1960. The molecule has 2 aromatic carbocycles. The van der Waals surface area contributed by atoms with Crippen LogP contribution in [0, 0.1) is 0 Å². The van der Waals surface area contributed by atoms with Crippen LogP contribution in [0.3, 0.4) is 0 Å². The van der Waals surface area contributed by atoms with Crippen molar-refractivity contribution in [3.05, 3.63) is 108 Å². The predicted octanol–water partition coefficient (Wildman–Crippen LogP) is 3.58. The van der Waals surface area contributed by atoms with Crippen molar-refractivity contribution >= 4 is 29.4 Å². The summed E-state index contributed by atoms with van der Waals surface area (Å²) in [4.78, 5) is 34.6. The average Bonchev–Trinajstić information content (AvgIpc) is 3.93. The smallest absolute Gasteiger partial charge is 0.293 e. The van der Waals surface area contributed by atoms with Crippen molar-refractivity contribution in [3.8, 4) is 0 Å². The van der Waals surface area contributed by atoms with E-state index in [-0.39, 0.29) is 18.2 Å². The molecular formula is C34H36N10O5. The van der Waals surface area contributed by atoms with Gasteiger partial charge in [-0.05, 0) is 11.1 Å². The number of imidazole rings is 2. The van der Waals surface area contributed by atoms with Crippen LogP contribution in [0.1, 0.15) is 53.7 Å². The fraction of sp³-hybridized carbons (Fsp3) is 0.324. The summed E-state index contributed by atoms with van der Waals surface area (Å²) in [5.41, 5.74) is 4.08. The zero-order chi connectivity index (χ0) is 33.7. The van der Waals surface area contributed by atoms with Gasteiger partial charge in [-0.3, -0.25) is 9.36 Å². The van der Waals surface area contributed by atoms with E-state index < -0.39 is 24.5 Å². The number of fused-ring (bicyclic) bond motifs is 1. The summed E-state index contributed by atoms with van der Waals surface area (Å²) in [5.74, 6) is 1.39. The largest absolute Gasteiger partial charge is 0.457 e. The van der Waals surface area contributed by atoms with Gasteiger partial charge in [-0.15, -0.1) is 0 Å². The number of hydrogen-bond donors (Lipinski definition) is 3. The van der Waals surface area contributed by atoms with Gasteiger partial charge in [0.15, 0.2) is 35.4 Å². The second-order valence-corrected chi connectivity index (χ2v) is 11.7. The summed E-state index contributed by atoms with van der Waals surface area (Å²) in [5, 5.41) is 22.1. The summed E-state index contributed by atoms with van der Waals surface area (Å²) >= 11 is 0. The number of benzene rings is 2. The van der Waals surface area contributed by atoms with E-state index >= 15 is 0 Å². The zero-order valence-electron chi connectivity index (χ0n) is 27.0. The summed E-state index contributed by atoms with van der Waals surface area (Å²) in [6.45, 7) is 3.17. The van der Waals surface area contributed by atoms with Crippen LogP contribution in [0.5, 0.6) is 0 Å². The van der Waals surface area contributed by atoms with Crippen LogP contribution in [0.15, 0.2) is 84.0 Å². The van der Waals surface area contributed by atoms with Gasteiger partial charge in [0.1, 0.15) is 6.10 Å². The second kappa shape index (κ2) is 14.2. The first kappa shape index (κ1) is 31.9. The van der Waals surface area contributed by atoms with Crippen LogP contribution < -0.4 is 10.6 Å². The minimum Gasteiger partial charge on any atom is -0.457 e. The highest BCUT2D eigenvalue weighted by atomic mass is 16.6. The number of ether oxygens (including phenoxy) is 2. The van der Waals surface area contributed by atoms with Gasteiger partial charge in [0.25, 0.3) is 6.47 Å². The lowest BCUT2D eigenvalue weighted by Gasteiger charge is -2.21. The molecule has 0 bridgehead atoms. The summed E-state index contributed by atoms with van der Waals surface area (Å²) in [7, 11) is 1.92. The fourth-order valence-electron chi connectivity index (χ4n) is 6.03. The molecule has 0 aliphatic carbocycles. The monoisotopic (exact) mass is 664 g/mol. The number of carbonyl (C=O) groups is 1. The van der Waals surface area contributed by atoms with Crippen LogP contribution in [0.4, 0.5) is 11.8 Å². The first-order valence-corrected chi connectivity index (χ1v) is 16.1. The lowest BCUT2D eigenvalue weighted by atomic mass is 9.91. The summed E-state index contributed by atoms with van der Waals surface area (Å²) in [6, 6.07) is 20.5. The lowest BCUT2D eigenvalue weighted by molar-refractivity contribution is -0.142. The topological polar surface area (TPSA) is 180 Å². The van der Waals surface area contributed by atoms with Crippen LogP contribution in [-0.4, -0.2) is 76.1 Å². The Hall–Kier alpha value is -5.67. The molecule has 15 nitrogen and oxygen atoms in total. The number of rotatable bonds is 14. The van der Waals surface area contributed by atoms with E-state index in [0.29, 0.717) is 54.8 Å². The maximum absolute atomic E-state index is 11.6. The van der Waals surface area contributed by atoms with E-state index in [0.717, 1.165) is 16.8 Å². The average molecular weight is 665 g/mol. The van der Waals surface area contributed by atoms with Crippen LogP contribution in [0.25, 0.3) is 11.2 Å². The molecule has 4 aromatic heterocycles. The Morgan fingerprint density at radius 2 is 1.76 bits per heavy atom. The molecule has 1 fully saturated rings. The summed E-state index contributed by atoms with van der Waals surface area (Å²) in [6.07, 6.45) is 1.97. The van der Waals surface area contributed by atoms with E-state index in [2.05, 4.69) is 55.0 Å². The first-order valence-electron chi connectivity index (χ1n) is 16.1. The Morgan fingerprint density at radius 3 is 2.41 bits per heavy atom. The zero-order valence-corrected chi connectivity index (χ0v) is 27.0. The van der Waals surface area contributed by atoms with E-state index in [1.165, 1.54) is 6.33 Å². The predicted molar refractivity (Wildman–Crippen MR) is 177 cm³/mol. The minimum absolute atomic E-state index is 0.0116. The number of nitrogens with one attached hydrogen (secondary N) is 2. The van der Waals surface area contributed by atoms with E-state index in [1.807, 2.05) is 61.1 Å². The molecule has 0 radical (unpaired) electrons. The highest BCUT2D eigenvalue weighted by Gasteiger charge is 2.49. The molecule has 0 saturated carbocycles. The Kier molecular flexibility index (Phi) is 9.25. The van der Waals surface area contributed by atoms with E-state index in [9.17, 15) is 9.90 Å². The number of aliphatic hydroxyl groups is 1. The molecule has 0 unspecified atom stereocenters. The third-order valence-electron chi connectivity index (χ3n) is 8.46. The second-order valence-electron chi connectivity index (χ2n) is 11.7. The molecule has 1 saturated heterocycles. The number of nitrogens with zero attached hydrogens (tertiary/aromatic N) is 8. The normalized spacial score (nSPS) is 19.0. The SMILES string of the molecule is CCc1nc([C@H]2O[C@@H](n3cnc4c(NCC(c5ccccc5)c5ccccc5)nc(NCCc5cn(C)cn5)nc43)[C@H](OC=O)[C@@H]2O)no1. The molecule has 1 aliphatic rings. The van der Waals surface area contributed by atoms with Crippen LogP contribution in [0.2, 0.25) is 0 Å². The van der Waals surface area contributed by atoms with E-state index in [4.69, 9.17) is 24.0 Å². The number of anilines is 2. The van der Waals surface area contributed by atoms with Crippen molar-refractivity contribution in [1.29, 1.82) is 0 Å². The molecule has 1 aliphatic heterocycles. The maximum atomic E-state index is 11.6. The molecule has 4 atom stereocenters. The molecule has 15 heteroatoms. The summed E-state index contributed by atoms with van der Waals surface area (Å²) < 4.78 is 20.4. The van der Waals surface area contributed by atoms with Crippen LogP contribution in [-0.2, 0) is 34.2 Å².